The molecule has 0 aromatic carbocycles. The Morgan fingerprint density at radius 3 is 2.80 bits per heavy atom. The van der Waals surface area contributed by atoms with E-state index in [1.807, 2.05) is 0 Å². The molecule has 0 saturated carbocycles. The summed E-state index contributed by atoms with van der Waals surface area (Å²) in [5.41, 5.74) is 0.522. The fourth-order valence-corrected chi connectivity index (χ4v) is 1.22. The van der Waals surface area contributed by atoms with E-state index in [2.05, 4.69) is 9.72 Å². The molecular weight excluding hydrogens is 194 g/mol. The van der Waals surface area contributed by atoms with Gasteiger partial charge in [-0.05, 0) is 12.1 Å². The predicted molar refractivity (Wildman–Crippen MR) is 54.4 cm³/mol. The molecule has 0 bridgehead atoms. The number of nitrogens with zero attached hydrogens (tertiary/aromatic N) is 1. The maximum Gasteiger partial charge on any atom is 0.306 e. The molecule has 1 heterocycles. The van der Waals surface area contributed by atoms with Gasteiger partial charge in [-0.15, -0.1) is 0 Å². The third kappa shape index (κ3) is 3.16. The van der Waals surface area contributed by atoms with Crippen LogP contribution in [0.3, 0.4) is 0 Å². The van der Waals surface area contributed by atoms with Crippen molar-refractivity contribution < 1.29 is 14.3 Å². The van der Waals surface area contributed by atoms with E-state index in [0.29, 0.717) is 5.56 Å². The van der Waals surface area contributed by atoms with Crippen molar-refractivity contribution in [2.45, 2.75) is 13.3 Å². The Morgan fingerprint density at radius 1 is 1.53 bits per heavy atom. The quantitative estimate of drug-likeness (QED) is 0.554. The van der Waals surface area contributed by atoms with Gasteiger partial charge in [0.05, 0.1) is 13.5 Å². The molecule has 80 valence electrons. The van der Waals surface area contributed by atoms with Crippen LogP contribution in [-0.2, 0) is 9.53 Å². The Hall–Kier alpha value is -1.71. The number of carbonyl (C=O) groups is 2. The maximum atomic E-state index is 11.7. The van der Waals surface area contributed by atoms with Gasteiger partial charge < -0.3 is 4.74 Å². The molecule has 0 aliphatic heterocycles. The van der Waals surface area contributed by atoms with Crippen LogP contribution in [0, 0.1) is 5.92 Å². The number of hydrogen-bond donors (Lipinski definition) is 0. The molecule has 1 aromatic rings. The average molecular weight is 207 g/mol. The number of esters is 1. The lowest BCUT2D eigenvalue weighted by Gasteiger charge is -2.08. The normalized spacial score (nSPS) is 11.9. The highest BCUT2D eigenvalue weighted by atomic mass is 16.5. The number of aromatic nitrogens is 1. The summed E-state index contributed by atoms with van der Waals surface area (Å²) in [4.78, 5) is 26.6. The molecule has 0 fully saturated rings. The molecule has 1 rings (SSSR count). The first-order chi connectivity index (χ1) is 7.15. The van der Waals surface area contributed by atoms with Crippen LogP contribution in [0.4, 0.5) is 0 Å². The number of pyridine rings is 1. The summed E-state index contributed by atoms with van der Waals surface area (Å²) in [6.07, 6.45) is 3.20. The largest absolute Gasteiger partial charge is 0.469 e. The molecule has 0 spiro atoms. The third-order valence-electron chi connectivity index (χ3n) is 2.09. The molecule has 1 unspecified atom stereocenters. The van der Waals surface area contributed by atoms with Crippen molar-refractivity contribution >= 4 is 11.8 Å². The second kappa shape index (κ2) is 5.24. The number of ketones is 1. The standard InChI is InChI=1S/C11H13NO3/c1-8(6-10(13)15-2)11(14)9-4-3-5-12-7-9/h3-5,7-8H,6H2,1-2H3. The minimum Gasteiger partial charge on any atom is -0.469 e. The number of carbonyl (C=O) groups excluding carboxylic acids is 2. The molecule has 0 amide bonds. The van der Waals surface area contributed by atoms with E-state index in [0.717, 1.165) is 0 Å². The molecule has 0 radical (unpaired) electrons. The van der Waals surface area contributed by atoms with Crippen molar-refractivity contribution in [2.24, 2.45) is 5.92 Å². The summed E-state index contributed by atoms with van der Waals surface area (Å²) >= 11 is 0. The molecular formula is C11H13NO3. The van der Waals surface area contributed by atoms with Crippen LogP contribution < -0.4 is 0 Å². The number of methoxy groups -OCH3 is 1. The number of ether oxygens (including phenoxy) is 1. The molecule has 1 atom stereocenters. The van der Waals surface area contributed by atoms with Crippen LogP contribution in [0.1, 0.15) is 23.7 Å². The van der Waals surface area contributed by atoms with E-state index in [1.54, 1.807) is 25.3 Å². The summed E-state index contributed by atoms with van der Waals surface area (Å²) in [6.45, 7) is 1.70. The number of Topliss-reactive ketones (excluding diaryl/α,β-unsaturated/α-hetero) is 1. The van der Waals surface area contributed by atoms with Crippen LogP contribution in [-0.4, -0.2) is 23.8 Å². The van der Waals surface area contributed by atoms with Crippen molar-refractivity contribution in [3.8, 4) is 0 Å². The summed E-state index contributed by atoms with van der Waals surface area (Å²) in [7, 11) is 1.31. The SMILES string of the molecule is COC(=O)CC(C)C(=O)c1cccnc1. The van der Waals surface area contributed by atoms with Crippen molar-refractivity contribution in [3.63, 3.8) is 0 Å². The fourth-order valence-electron chi connectivity index (χ4n) is 1.22. The minimum absolute atomic E-state index is 0.0894. The smallest absolute Gasteiger partial charge is 0.306 e. The zero-order valence-electron chi connectivity index (χ0n) is 8.77. The topological polar surface area (TPSA) is 56.3 Å². The minimum atomic E-state index is -0.375. The second-order valence-electron chi connectivity index (χ2n) is 3.29. The monoisotopic (exact) mass is 207 g/mol. The van der Waals surface area contributed by atoms with Crippen LogP contribution in [0.25, 0.3) is 0 Å². The van der Waals surface area contributed by atoms with Crippen LogP contribution in [0.2, 0.25) is 0 Å². The van der Waals surface area contributed by atoms with Gasteiger partial charge in [0.25, 0.3) is 0 Å². The highest BCUT2D eigenvalue weighted by Gasteiger charge is 2.18. The maximum absolute atomic E-state index is 11.7. The lowest BCUT2D eigenvalue weighted by Crippen LogP contribution is -2.16. The van der Waals surface area contributed by atoms with Crippen LogP contribution in [0.15, 0.2) is 24.5 Å². The van der Waals surface area contributed by atoms with Gasteiger partial charge in [-0.3, -0.25) is 14.6 Å². The van der Waals surface area contributed by atoms with E-state index in [1.165, 1.54) is 13.3 Å². The van der Waals surface area contributed by atoms with Gasteiger partial charge in [0.1, 0.15) is 0 Å². The predicted octanol–water partition coefficient (Wildman–Crippen LogP) is 1.46. The molecule has 4 heteroatoms. The Labute approximate surface area is 88.3 Å². The zero-order valence-corrected chi connectivity index (χ0v) is 8.77. The summed E-state index contributed by atoms with van der Waals surface area (Å²) in [5, 5.41) is 0. The second-order valence-corrected chi connectivity index (χ2v) is 3.29. The molecule has 0 aliphatic carbocycles. The van der Waals surface area contributed by atoms with E-state index < -0.39 is 0 Å². The van der Waals surface area contributed by atoms with Gasteiger partial charge in [-0.2, -0.15) is 0 Å². The zero-order chi connectivity index (χ0) is 11.3. The van der Waals surface area contributed by atoms with E-state index in [-0.39, 0.29) is 24.1 Å². The Morgan fingerprint density at radius 2 is 2.27 bits per heavy atom. The molecule has 1 aromatic heterocycles. The molecule has 4 nitrogen and oxygen atoms in total. The van der Waals surface area contributed by atoms with Gasteiger partial charge in [-0.25, -0.2) is 0 Å². The summed E-state index contributed by atoms with van der Waals surface area (Å²) < 4.78 is 4.50. The number of hydrogen-bond acceptors (Lipinski definition) is 4. The van der Waals surface area contributed by atoms with Crippen molar-refractivity contribution in [3.05, 3.63) is 30.1 Å². The van der Waals surface area contributed by atoms with Crippen molar-refractivity contribution in [1.29, 1.82) is 0 Å². The lowest BCUT2D eigenvalue weighted by atomic mass is 9.98. The van der Waals surface area contributed by atoms with E-state index in [9.17, 15) is 9.59 Å². The Bertz CT molecular complexity index is 348. The number of rotatable bonds is 4. The first kappa shape index (κ1) is 11.4. The highest BCUT2D eigenvalue weighted by molar-refractivity contribution is 5.98. The molecule has 0 aliphatic rings. The van der Waals surface area contributed by atoms with Gasteiger partial charge in [0, 0.05) is 23.9 Å². The molecule has 15 heavy (non-hydrogen) atoms. The fraction of sp³-hybridized carbons (Fsp3) is 0.364. The van der Waals surface area contributed by atoms with Gasteiger partial charge in [0.2, 0.25) is 0 Å². The Balaban J connectivity index is 2.65. The van der Waals surface area contributed by atoms with Crippen molar-refractivity contribution in [2.75, 3.05) is 7.11 Å². The summed E-state index contributed by atoms with van der Waals surface area (Å²) in [6, 6.07) is 3.38. The van der Waals surface area contributed by atoms with Crippen LogP contribution >= 0.6 is 0 Å². The van der Waals surface area contributed by atoms with Gasteiger partial charge in [-0.1, -0.05) is 6.92 Å². The van der Waals surface area contributed by atoms with E-state index in [4.69, 9.17) is 0 Å². The summed E-state index contributed by atoms with van der Waals surface area (Å²) in [5.74, 6) is -0.838. The Kier molecular flexibility index (Phi) is 3.97. The van der Waals surface area contributed by atoms with Gasteiger partial charge >= 0.3 is 5.97 Å². The first-order valence-electron chi connectivity index (χ1n) is 4.66. The van der Waals surface area contributed by atoms with E-state index >= 15 is 0 Å². The van der Waals surface area contributed by atoms with Crippen LogP contribution in [0.5, 0.6) is 0 Å². The van der Waals surface area contributed by atoms with Gasteiger partial charge in [0.15, 0.2) is 5.78 Å². The molecule has 0 saturated heterocycles. The first-order valence-corrected chi connectivity index (χ1v) is 4.66. The third-order valence-corrected chi connectivity index (χ3v) is 2.09. The highest BCUT2D eigenvalue weighted by Crippen LogP contribution is 2.11. The lowest BCUT2D eigenvalue weighted by molar-refractivity contribution is -0.141. The molecule has 0 N–H and O–H groups in total. The van der Waals surface area contributed by atoms with Crippen molar-refractivity contribution in [1.82, 2.24) is 4.98 Å². The average Bonchev–Trinajstić information content (AvgIpc) is 2.29.